The smallest absolute Gasteiger partial charge is 0.413 e. The maximum atomic E-state index is 15.3. The molecule has 15 heteroatoms. The van der Waals surface area contributed by atoms with E-state index >= 15 is 4.79 Å². The van der Waals surface area contributed by atoms with Gasteiger partial charge in [0.2, 0.25) is 0 Å². The second-order valence-corrected chi connectivity index (χ2v) is 22.2. The lowest BCUT2D eigenvalue weighted by molar-refractivity contribution is -0.391. The Labute approximate surface area is 406 Å². The Hall–Kier alpha value is -4.80. The van der Waals surface area contributed by atoms with E-state index in [1.807, 2.05) is 59.7 Å². The number of carbonyl (C=O) groups excluding carboxylic acids is 4. The summed E-state index contributed by atoms with van der Waals surface area (Å²) in [6.45, 7) is 25.9. The summed E-state index contributed by atoms with van der Waals surface area (Å²) in [6.07, 6.45) is -5.83. The molecule has 14 atom stereocenters. The van der Waals surface area contributed by atoms with Crippen LogP contribution in [0.1, 0.15) is 123 Å². The number of aliphatic hydroxyl groups is 1. The van der Waals surface area contributed by atoms with Crippen LogP contribution in [-0.4, -0.2) is 113 Å². The highest BCUT2D eigenvalue weighted by Crippen LogP contribution is 2.70. The topological polar surface area (TPSA) is 175 Å². The summed E-state index contributed by atoms with van der Waals surface area (Å²) in [5.74, 6) is -2.92. The first-order chi connectivity index (χ1) is 32.3. The van der Waals surface area contributed by atoms with Gasteiger partial charge in [-0.25, -0.2) is 14.4 Å². The fourth-order valence-electron chi connectivity index (χ4n) is 13.0. The average molecular weight is 958 g/mol. The fourth-order valence-corrected chi connectivity index (χ4v) is 13.0. The van der Waals surface area contributed by atoms with Gasteiger partial charge in [-0.15, -0.1) is 0 Å². The number of esters is 3. The van der Waals surface area contributed by atoms with E-state index in [2.05, 4.69) is 6.58 Å². The number of ether oxygens (including phenoxy) is 9. The summed E-state index contributed by atoms with van der Waals surface area (Å²) in [5.41, 5.74) is -3.45. The van der Waals surface area contributed by atoms with Gasteiger partial charge in [0, 0.05) is 36.7 Å². The van der Waals surface area contributed by atoms with Crippen molar-refractivity contribution in [2.24, 2.45) is 28.6 Å². The van der Waals surface area contributed by atoms with Gasteiger partial charge in [0.1, 0.15) is 29.7 Å². The van der Waals surface area contributed by atoms with Crippen molar-refractivity contribution in [2.75, 3.05) is 13.7 Å². The number of rotatable bonds is 11. The number of aryl methyl sites for hydroxylation is 1. The van der Waals surface area contributed by atoms with Crippen molar-refractivity contribution >= 4 is 24.0 Å². The van der Waals surface area contributed by atoms with Crippen molar-refractivity contribution in [2.45, 2.75) is 174 Å². The number of nitrogens with zero attached hydrogens (tertiary/aromatic N) is 1. The Bertz CT molecular complexity index is 2370. The summed E-state index contributed by atoms with van der Waals surface area (Å²) in [5, 5.41) is 13.1. The Morgan fingerprint density at radius 2 is 1.68 bits per heavy atom. The molecule has 0 bridgehead atoms. The van der Waals surface area contributed by atoms with Crippen LogP contribution in [0.25, 0.3) is 0 Å². The lowest BCUT2D eigenvalue weighted by Crippen LogP contribution is -2.80. The van der Waals surface area contributed by atoms with Gasteiger partial charge in [-0.05, 0) is 102 Å². The van der Waals surface area contributed by atoms with E-state index < -0.39 is 119 Å². The SMILES string of the molecule is C=CC1OC2[C@@H](C)C3=C(C)[C@@H](OC(=O)[C@@H]4OC(c5ccc(C)cc5OC)N(C(=O)OC(C)(C)C)[C@H]4CC(C)C)C[C@@]3(C(C)(C)O)[C@@H](OC(=O)c3ccccc3)[C@@H]3[C@]4(OC(C)=O)CO[C@@H]4C[C@H](O1)[C@@]23C. The maximum Gasteiger partial charge on any atom is 0.413 e. The van der Waals surface area contributed by atoms with Crippen molar-refractivity contribution in [3.63, 3.8) is 0 Å². The molecule has 6 aliphatic rings. The second kappa shape index (κ2) is 18.1. The van der Waals surface area contributed by atoms with E-state index in [1.54, 1.807) is 71.0 Å². The summed E-state index contributed by atoms with van der Waals surface area (Å²) >= 11 is 0. The maximum absolute atomic E-state index is 15.3. The molecule has 15 nitrogen and oxygen atoms in total. The van der Waals surface area contributed by atoms with Crippen LogP contribution in [0.4, 0.5) is 4.79 Å². The highest BCUT2D eigenvalue weighted by atomic mass is 16.7. The van der Waals surface area contributed by atoms with Gasteiger partial charge in [-0.1, -0.05) is 64.6 Å². The minimum atomic E-state index is -1.71. The molecule has 2 saturated carbocycles. The van der Waals surface area contributed by atoms with Crippen molar-refractivity contribution in [1.82, 2.24) is 4.90 Å². The molecule has 69 heavy (non-hydrogen) atoms. The summed E-state index contributed by atoms with van der Waals surface area (Å²) < 4.78 is 58.6. The van der Waals surface area contributed by atoms with Gasteiger partial charge < -0.3 is 47.7 Å². The number of benzene rings is 2. The average Bonchev–Trinajstić information content (AvgIpc) is 3.76. The molecule has 0 radical (unpaired) electrons. The van der Waals surface area contributed by atoms with Crippen molar-refractivity contribution in [3.8, 4) is 5.75 Å². The highest BCUT2D eigenvalue weighted by molar-refractivity contribution is 5.89. The molecule has 3 saturated heterocycles. The molecule has 3 aliphatic heterocycles. The zero-order valence-electron chi connectivity index (χ0n) is 42.4. The summed E-state index contributed by atoms with van der Waals surface area (Å²) in [6, 6.07) is 13.3. The van der Waals surface area contributed by atoms with E-state index in [4.69, 9.17) is 42.6 Å². The zero-order valence-corrected chi connectivity index (χ0v) is 42.4. The van der Waals surface area contributed by atoms with Crippen LogP contribution < -0.4 is 4.74 Å². The first kappa shape index (κ1) is 50.6. The number of hydrogen-bond donors (Lipinski definition) is 1. The van der Waals surface area contributed by atoms with Crippen LogP contribution in [0.2, 0.25) is 0 Å². The predicted molar refractivity (Wildman–Crippen MR) is 252 cm³/mol. The molecular weight excluding hydrogens is 887 g/mol. The van der Waals surface area contributed by atoms with Crippen LogP contribution in [-0.2, 0) is 47.5 Å². The Morgan fingerprint density at radius 1 is 0.986 bits per heavy atom. The van der Waals surface area contributed by atoms with Gasteiger partial charge in [0.15, 0.2) is 24.2 Å². The largest absolute Gasteiger partial charge is 0.496 e. The molecule has 3 heterocycles. The van der Waals surface area contributed by atoms with E-state index in [9.17, 15) is 19.5 Å². The monoisotopic (exact) mass is 957 g/mol. The van der Waals surface area contributed by atoms with Crippen molar-refractivity contribution in [3.05, 3.63) is 89.0 Å². The standard InChI is InChI=1S/C54H71NO14/c1-15-40-64-38-25-39-54(27-62-39,68-32(7)56)43-45(67-47(57)33-19-17-16-18-20-33)53(51(11,12)60)26-37(30(5)41(53)31(6)44(65-40)52(38,43)13)63-48(58)42-35(23-28(2)3)55(49(59)69-50(8,9)10)46(66-42)34-22-21-29(4)24-36(34)61-14/h15-22,24,28,31,35,37-40,42-46,60H,1,23,25-27H2,2-14H3/t31-,35-,37-,38-,39+,40?,42+,43-,44?,45-,46?,52+,53-,54-/m0/s1. The van der Waals surface area contributed by atoms with Gasteiger partial charge in [-0.3, -0.25) is 9.69 Å². The van der Waals surface area contributed by atoms with Gasteiger partial charge in [0.25, 0.3) is 0 Å². The molecule has 1 N–H and O–H groups in total. The third kappa shape index (κ3) is 8.37. The van der Waals surface area contributed by atoms with Crippen LogP contribution in [0.5, 0.6) is 5.75 Å². The van der Waals surface area contributed by atoms with E-state index in [1.165, 1.54) is 18.9 Å². The van der Waals surface area contributed by atoms with E-state index in [0.717, 1.165) is 5.56 Å². The normalized spacial score (nSPS) is 36.0. The number of methoxy groups -OCH3 is 1. The van der Waals surface area contributed by atoms with E-state index in [0.29, 0.717) is 35.3 Å². The van der Waals surface area contributed by atoms with Gasteiger partial charge >= 0.3 is 24.0 Å². The third-order valence-electron chi connectivity index (χ3n) is 15.7. The fraction of sp³-hybridized carbons (Fsp3) is 0.630. The third-order valence-corrected chi connectivity index (χ3v) is 15.7. The molecular formula is C54H71NO14. The Kier molecular flexibility index (Phi) is 13.3. The Morgan fingerprint density at radius 3 is 2.26 bits per heavy atom. The molecule has 3 unspecified atom stereocenters. The Balaban J connectivity index is 1.28. The molecule has 376 valence electrons. The number of fused-ring (bicyclic) bond motifs is 3. The molecule has 8 rings (SSSR count). The second-order valence-electron chi connectivity index (χ2n) is 22.2. The highest BCUT2D eigenvalue weighted by Gasteiger charge is 2.80. The number of carbonyl (C=O) groups is 4. The molecule has 1 amide bonds. The van der Waals surface area contributed by atoms with Crippen molar-refractivity contribution in [1.29, 1.82) is 0 Å². The molecule has 5 fully saturated rings. The minimum absolute atomic E-state index is 0.00447. The minimum Gasteiger partial charge on any atom is -0.496 e. The lowest BCUT2D eigenvalue weighted by Gasteiger charge is -2.67. The molecule has 2 aromatic rings. The summed E-state index contributed by atoms with van der Waals surface area (Å²) in [7, 11) is 1.54. The quantitative estimate of drug-likeness (QED) is 0.129. The van der Waals surface area contributed by atoms with Gasteiger partial charge in [-0.2, -0.15) is 0 Å². The number of hydrogen-bond acceptors (Lipinski definition) is 14. The molecule has 2 aromatic carbocycles. The zero-order chi connectivity index (χ0) is 50.3. The summed E-state index contributed by atoms with van der Waals surface area (Å²) in [4.78, 5) is 59.3. The molecule has 3 aliphatic carbocycles. The van der Waals surface area contributed by atoms with Crippen LogP contribution in [0, 0.1) is 35.5 Å². The van der Waals surface area contributed by atoms with Crippen LogP contribution in [0.15, 0.2) is 72.3 Å². The van der Waals surface area contributed by atoms with Crippen molar-refractivity contribution < 1.29 is 66.9 Å². The number of amides is 1. The molecule has 0 spiro atoms. The first-order valence-corrected chi connectivity index (χ1v) is 24.3. The van der Waals surface area contributed by atoms with E-state index in [-0.39, 0.29) is 24.5 Å². The molecule has 0 aromatic heterocycles. The predicted octanol–water partition coefficient (Wildman–Crippen LogP) is 8.34. The van der Waals surface area contributed by atoms with Crippen LogP contribution in [0.3, 0.4) is 0 Å². The first-order valence-electron chi connectivity index (χ1n) is 24.3. The lowest BCUT2D eigenvalue weighted by atomic mass is 9.49. The van der Waals surface area contributed by atoms with Gasteiger partial charge in [0.05, 0.1) is 54.5 Å². The van der Waals surface area contributed by atoms with Crippen LogP contribution >= 0.6 is 0 Å².